The van der Waals surface area contributed by atoms with Crippen molar-refractivity contribution in [3.63, 3.8) is 0 Å². The van der Waals surface area contributed by atoms with Gasteiger partial charge >= 0.3 is 0 Å². The van der Waals surface area contributed by atoms with Crippen LogP contribution in [-0.4, -0.2) is 49.2 Å². The van der Waals surface area contributed by atoms with Crippen molar-refractivity contribution in [3.05, 3.63) is 29.3 Å². The third-order valence-electron chi connectivity index (χ3n) is 3.24. The van der Waals surface area contributed by atoms with Crippen LogP contribution in [0.15, 0.2) is 17.3 Å². The highest BCUT2D eigenvalue weighted by molar-refractivity contribution is 5.97. The van der Waals surface area contributed by atoms with E-state index in [-0.39, 0.29) is 17.1 Å². The molecule has 19 heavy (non-hydrogen) atoms. The smallest absolute Gasteiger partial charge is 0.170 e. The third kappa shape index (κ3) is 2.76. The van der Waals surface area contributed by atoms with Crippen LogP contribution in [0.3, 0.4) is 0 Å². The average Bonchev–Trinajstić information content (AvgIpc) is 2.39. The predicted molar refractivity (Wildman–Crippen MR) is 68.6 cm³/mol. The molecule has 1 aliphatic rings. The molecule has 0 aromatic heterocycles. The van der Waals surface area contributed by atoms with E-state index in [2.05, 4.69) is 10.1 Å². The van der Waals surface area contributed by atoms with E-state index in [0.29, 0.717) is 13.1 Å². The van der Waals surface area contributed by atoms with Gasteiger partial charge in [-0.15, -0.1) is 0 Å². The summed E-state index contributed by atoms with van der Waals surface area (Å²) in [6, 6.07) is 2.15. The van der Waals surface area contributed by atoms with Gasteiger partial charge in [0.05, 0.1) is 0 Å². The van der Waals surface area contributed by atoms with Crippen molar-refractivity contribution in [1.29, 1.82) is 0 Å². The van der Waals surface area contributed by atoms with E-state index < -0.39 is 11.6 Å². The van der Waals surface area contributed by atoms with Crippen molar-refractivity contribution in [1.82, 2.24) is 4.90 Å². The van der Waals surface area contributed by atoms with E-state index >= 15 is 0 Å². The largest absolute Gasteiger partial charge is 0.409 e. The lowest BCUT2D eigenvalue weighted by atomic mass is 10.1. The number of nitrogens with two attached hydrogens (primary N) is 1. The van der Waals surface area contributed by atoms with Gasteiger partial charge in [-0.2, -0.15) is 0 Å². The summed E-state index contributed by atoms with van der Waals surface area (Å²) in [6.07, 6.45) is 0. The highest BCUT2D eigenvalue weighted by atomic mass is 19.1. The van der Waals surface area contributed by atoms with Crippen LogP contribution in [0, 0.1) is 11.6 Å². The molecular weight excluding hydrogens is 254 g/mol. The maximum absolute atomic E-state index is 14.0. The first-order valence-electron chi connectivity index (χ1n) is 5.93. The van der Waals surface area contributed by atoms with Gasteiger partial charge in [0, 0.05) is 31.7 Å². The number of benzene rings is 1. The van der Waals surface area contributed by atoms with Crippen LogP contribution in [-0.2, 0) is 0 Å². The molecule has 1 aromatic rings. The third-order valence-corrected chi connectivity index (χ3v) is 3.24. The molecule has 1 fully saturated rings. The van der Waals surface area contributed by atoms with Gasteiger partial charge in [0.2, 0.25) is 0 Å². The fourth-order valence-corrected chi connectivity index (χ4v) is 2.10. The number of nitrogens with zero attached hydrogens (tertiary/aromatic N) is 3. The van der Waals surface area contributed by atoms with Gasteiger partial charge in [-0.1, -0.05) is 5.16 Å². The minimum atomic E-state index is -0.703. The van der Waals surface area contributed by atoms with Gasteiger partial charge in [-0.25, -0.2) is 8.78 Å². The molecule has 1 aliphatic heterocycles. The zero-order valence-corrected chi connectivity index (χ0v) is 10.6. The van der Waals surface area contributed by atoms with E-state index in [0.717, 1.165) is 25.2 Å². The second kappa shape index (κ2) is 5.40. The molecule has 2 rings (SSSR count). The molecular formula is C12H16F2N4O. The number of hydrogen-bond acceptors (Lipinski definition) is 4. The number of oxime groups is 1. The van der Waals surface area contributed by atoms with Crippen molar-refractivity contribution < 1.29 is 14.0 Å². The van der Waals surface area contributed by atoms with E-state index in [9.17, 15) is 8.78 Å². The SMILES string of the molecule is CN1CCN(c2c(F)cc(C(N)=NO)cc2F)CC1. The maximum atomic E-state index is 14.0. The predicted octanol–water partition coefficient (Wildman–Crippen LogP) is 0.811. The monoisotopic (exact) mass is 270 g/mol. The average molecular weight is 270 g/mol. The quantitative estimate of drug-likeness (QED) is 0.361. The summed E-state index contributed by atoms with van der Waals surface area (Å²) in [5.41, 5.74) is 5.30. The minimum absolute atomic E-state index is 0.0235. The fourth-order valence-electron chi connectivity index (χ4n) is 2.10. The number of piperazine rings is 1. The second-order valence-corrected chi connectivity index (χ2v) is 4.56. The lowest BCUT2D eigenvalue weighted by molar-refractivity contribution is 0.310. The number of likely N-dealkylation sites (N-methyl/N-ethyl adjacent to an activating group) is 1. The number of amidine groups is 1. The molecule has 0 unspecified atom stereocenters. The molecule has 5 nitrogen and oxygen atoms in total. The van der Waals surface area contributed by atoms with Crippen LogP contribution in [0.1, 0.15) is 5.56 Å². The zero-order valence-electron chi connectivity index (χ0n) is 10.6. The van der Waals surface area contributed by atoms with Crippen molar-refractivity contribution in [2.75, 3.05) is 38.1 Å². The van der Waals surface area contributed by atoms with Gasteiger partial charge in [0.25, 0.3) is 0 Å². The normalized spacial score (nSPS) is 17.8. The zero-order chi connectivity index (χ0) is 14.0. The molecule has 1 heterocycles. The van der Waals surface area contributed by atoms with Crippen LogP contribution in [0.5, 0.6) is 0 Å². The second-order valence-electron chi connectivity index (χ2n) is 4.56. The summed E-state index contributed by atoms with van der Waals surface area (Å²) in [7, 11) is 1.96. The Morgan fingerprint density at radius 1 is 1.21 bits per heavy atom. The molecule has 3 N–H and O–H groups in total. The summed E-state index contributed by atoms with van der Waals surface area (Å²) in [6.45, 7) is 2.63. The Labute approximate surface area is 109 Å². The summed E-state index contributed by atoms with van der Waals surface area (Å²) in [4.78, 5) is 3.76. The number of hydrogen-bond donors (Lipinski definition) is 2. The number of rotatable bonds is 2. The lowest BCUT2D eigenvalue weighted by Gasteiger charge is -2.34. The van der Waals surface area contributed by atoms with Gasteiger partial charge in [-0.3, -0.25) is 0 Å². The van der Waals surface area contributed by atoms with Crippen LogP contribution >= 0.6 is 0 Å². The summed E-state index contributed by atoms with van der Waals surface area (Å²) in [5, 5.41) is 11.3. The molecule has 0 radical (unpaired) electrons. The van der Waals surface area contributed by atoms with Gasteiger partial charge < -0.3 is 20.7 Å². The topological polar surface area (TPSA) is 65.1 Å². The summed E-state index contributed by atoms with van der Waals surface area (Å²) in [5.74, 6) is -1.72. The van der Waals surface area contributed by atoms with E-state index in [1.54, 1.807) is 4.90 Å². The van der Waals surface area contributed by atoms with Crippen LogP contribution in [0.25, 0.3) is 0 Å². The van der Waals surface area contributed by atoms with Gasteiger partial charge in [-0.05, 0) is 19.2 Å². The molecule has 0 aliphatic carbocycles. The molecule has 0 amide bonds. The van der Waals surface area contributed by atoms with Crippen molar-refractivity contribution >= 4 is 11.5 Å². The van der Waals surface area contributed by atoms with Crippen molar-refractivity contribution in [3.8, 4) is 0 Å². The van der Waals surface area contributed by atoms with Crippen LogP contribution < -0.4 is 10.6 Å². The van der Waals surface area contributed by atoms with E-state index in [4.69, 9.17) is 10.9 Å². The Hall–Kier alpha value is -1.89. The first kappa shape index (κ1) is 13.5. The molecule has 0 bridgehead atoms. The Kier molecular flexibility index (Phi) is 3.84. The molecule has 104 valence electrons. The molecule has 1 saturated heterocycles. The molecule has 7 heteroatoms. The first-order valence-corrected chi connectivity index (χ1v) is 5.93. The van der Waals surface area contributed by atoms with Gasteiger partial charge in [0.1, 0.15) is 17.3 Å². The molecule has 0 spiro atoms. The highest BCUT2D eigenvalue weighted by Crippen LogP contribution is 2.25. The number of anilines is 1. The van der Waals surface area contributed by atoms with Gasteiger partial charge in [0.15, 0.2) is 5.84 Å². The summed E-state index contributed by atoms with van der Waals surface area (Å²) < 4.78 is 28.0. The molecule has 0 saturated carbocycles. The maximum Gasteiger partial charge on any atom is 0.170 e. The fraction of sp³-hybridized carbons (Fsp3) is 0.417. The van der Waals surface area contributed by atoms with E-state index in [1.807, 2.05) is 7.05 Å². The highest BCUT2D eigenvalue weighted by Gasteiger charge is 2.22. The van der Waals surface area contributed by atoms with Crippen LogP contribution in [0.4, 0.5) is 14.5 Å². The van der Waals surface area contributed by atoms with Crippen LogP contribution in [0.2, 0.25) is 0 Å². The Morgan fingerprint density at radius 3 is 2.21 bits per heavy atom. The minimum Gasteiger partial charge on any atom is -0.409 e. The lowest BCUT2D eigenvalue weighted by Crippen LogP contribution is -2.45. The van der Waals surface area contributed by atoms with E-state index in [1.165, 1.54) is 0 Å². The van der Waals surface area contributed by atoms with Crippen molar-refractivity contribution in [2.24, 2.45) is 10.9 Å². The number of halogens is 2. The Balaban J connectivity index is 2.32. The standard InChI is InChI=1S/C12H16F2N4O/c1-17-2-4-18(5-3-17)11-9(13)6-8(7-10(11)14)12(15)16-19/h6-7,19H,2-5H2,1H3,(H2,15,16). The molecule has 0 atom stereocenters. The molecule has 1 aromatic carbocycles. The van der Waals surface area contributed by atoms with Crippen molar-refractivity contribution in [2.45, 2.75) is 0 Å². The first-order chi connectivity index (χ1) is 9.02. The Bertz CT molecular complexity index is 475. The summed E-state index contributed by atoms with van der Waals surface area (Å²) >= 11 is 0. The Morgan fingerprint density at radius 2 is 1.74 bits per heavy atom.